The Hall–Kier alpha value is -3.89. The highest BCUT2D eigenvalue weighted by Crippen LogP contribution is 2.34. The van der Waals surface area contributed by atoms with E-state index in [2.05, 4.69) is 10.6 Å². The van der Waals surface area contributed by atoms with E-state index in [0.717, 1.165) is 12.8 Å². The molecule has 10 heteroatoms. The molecular formula is C28H31N3O6S. The zero-order chi connectivity index (χ0) is 26.9. The monoisotopic (exact) mass is 537 g/mol. The van der Waals surface area contributed by atoms with Gasteiger partial charge in [-0.05, 0) is 29.9 Å². The van der Waals surface area contributed by atoms with Crippen molar-refractivity contribution in [3.05, 3.63) is 76.5 Å². The number of thiophene rings is 1. The molecule has 200 valence electrons. The van der Waals surface area contributed by atoms with Crippen molar-refractivity contribution in [1.29, 1.82) is 0 Å². The maximum atomic E-state index is 13.8. The van der Waals surface area contributed by atoms with Crippen molar-refractivity contribution >= 4 is 34.7 Å². The summed E-state index contributed by atoms with van der Waals surface area (Å²) in [5.74, 6) is -0.314. The molecule has 1 aromatic heterocycles. The van der Waals surface area contributed by atoms with Gasteiger partial charge in [0, 0.05) is 31.4 Å². The van der Waals surface area contributed by atoms with Crippen LogP contribution in [0.3, 0.4) is 0 Å². The van der Waals surface area contributed by atoms with Crippen molar-refractivity contribution in [3.63, 3.8) is 0 Å². The van der Waals surface area contributed by atoms with Crippen molar-refractivity contribution in [2.24, 2.45) is 0 Å². The first-order valence-corrected chi connectivity index (χ1v) is 13.2. The number of hydrogen-bond donors (Lipinski definition) is 2. The third kappa shape index (κ3) is 6.70. The number of anilines is 1. The number of carbonyl (C=O) groups is 3. The fraction of sp³-hybridized carbons (Fsp3) is 0.321. The number of nitrogens with one attached hydrogen (secondary N) is 2. The van der Waals surface area contributed by atoms with Gasteiger partial charge >= 0.3 is 0 Å². The molecule has 2 atom stereocenters. The molecule has 2 aromatic carbocycles. The first kappa shape index (κ1) is 27.2. The number of nitrogens with zero attached hydrogens (tertiary/aromatic N) is 1. The Kier molecular flexibility index (Phi) is 9.34. The van der Waals surface area contributed by atoms with E-state index in [4.69, 9.17) is 14.2 Å². The van der Waals surface area contributed by atoms with Gasteiger partial charge in [0.25, 0.3) is 5.91 Å². The fourth-order valence-corrected chi connectivity index (χ4v) is 4.91. The second-order valence-electron chi connectivity index (χ2n) is 8.69. The van der Waals surface area contributed by atoms with E-state index in [1.54, 1.807) is 47.8 Å². The zero-order valence-corrected chi connectivity index (χ0v) is 22.2. The van der Waals surface area contributed by atoms with Crippen molar-refractivity contribution in [2.45, 2.75) is 25.0 Å². The quantitative estimate of drug-likeness (QED) is 0.388. The van der Waals surface area contributed by atoms with Gasteiger partial charge in [0.2, 0.25) is 11.8 Å². The fourth-order valence-electron chi connectivity index (χ4n) is 4.27. The molecule has 9 nitrogen and oxygen atoms in total. The Bertz CT molecular complexity index is 1210. The van der Waals surface area contributed by atoms with Gasteiger partial charge in [-0.15, -0.1) is 11.3 Å². The lowest BCUT2D eigenvalue weighted by Crippen LogP contribution is -2.48. The molecule has 0 saturated carbocycles. The summed E-state index contributed by atoms with van der Waals surface area (Å²) in [7, 11) is 3.02. The summed E-state index contributed by atoms with van der Waals surface area (Å²) in [6.07, 6.45) is 1.74. The van der Waals surface area contributed by atoms with E-state index in [1.807, 2.05) is 18.2 Å². The third-order valence-corrected chi connectivity index (χ3v) is 7.05. The lowest BCUT2D eigenvalue weighted by molar-refractivity contribution is -0.126. The zero-order valence-electron chi connectivity index (χ0n) is 21.3. The van der Waals surface area contributed by atoms with E-state index >= 15 is 0 Å². The van der Waals surface area contributed by atoms with Gasteiger partial charge in [-0.1, -0.05) is 36.4 Å². The number of rotatable bonds is 11. The first-order chi connectivity index (χ1) is 18.5. The summed E-state index contributed by atoms with van der Waals surface area (Å²) < 4.78 is 16.5. The van der Waals surface area contributed by atoms with Crippen LogP contribution in [0.5, 0.6) is 11.5 Å². The van der Waals surface area contributed by atoms with Crippen molar-refractivity contribution in [1.82, 2.24) is 10.6 Å². The van der Waals surface area contributed by atoms with Crippen LogP contribution in [0, 0.1) is 0 Å². The normalized spacial score (nSPS) is 15.4. The maximum Gasteiger partial charge on any atom is 0.261 e. The smallest absolute Gasteiger partial charge is 0.261 e. The Morgan fingerprint density at radius 1 is 1.03 bits per heavy atom. The largest absolute Gasteiger partial charge is 0.497 e. The maximum absolute atomic E-state index is 13.8. The molecule has 3 aromatic rings. The third-order valence-electron chi connectivity index (χ3n) is 6.18. The van der Waals surface area contributed by atoms with Crippen molar-refractivity contribution in [2.75, 3.05) is 38.8 Å². The molecule has 1 aliphatic heterocycles. The minimum atomic E-state index is -1.03. The molecule has 1 aliphatic rings. The Morgan fingerprint density at radius 2 is 1.76 bits per heavy atom. The van der Waals surface area contributed by atoms with Gasteiger partial charge in [-0.2, -0.15) is 0 Å². The van der Waals surface area contributed by atoms with Crippen LogP contribution in [-0.2, 0) is 14.3 Å². The number of methoxy groups -OCH3 is 2. The highest BCUT2D eigenvalue weighted by atomic mass is 32.1. The van der Waals surface area contributed by atoms with Crippen LogP contribution >= 0.6 is 11.3 Å². The van der Waals surface area contributed by atoms with Crippen molar-refractivity contribution in [3.8, 4) is 11.5 Å². The van der Waals surface area contributed by atoms with Gasteiger partial charge in [0.05, 0.1) is 37.4 Å². The van der Waals surface area contributed by atoms with Crippen molar-refractivity contribution < 1.29 is 28.6 Å². The standard InChI is InChI=1S/C28H31N3O6S/c1-35-22-14-20(15-23(16-22)36-2)31(25(32)18-30-27(33)24-11-7-13-38-24)26(19-8-4-3-5-9-19)28(34)29-17-21-10-6-12-37-21/h3-5,7-9,11,13-16,21,26H,6,10,12,17-18H2,1-2H3,(H,29,34)(H,30,33)/t21-,26-/m1/s1. The summed E-state index contributed by atoms with van der Waals surface area (Å²) in [4.78, 5) is 42.0. The van der Waals surface area contributed by atoms with Crippen LogP contribution in [-0.4, -0.2) is 57.7 Å². The number of hydrogen-bond acceptors (Lipinski definition) is 7. The second-order valence-corrected chi connectivity index (χ2v) is 9.64. The molecule has 0 bridgehead atoms. The van der Waals surface area contributed by atoms with E-state index in [9.17, 15) is 14.4 Å². The predicted molar refractivity (Wildman–Crippen MR) is 145 cm³/mol. The number of carbonyl (C=O) groups excluding carboxylic acids is 3. The topological polar surface area (TPSA) is 106 Å². The summed E-state index contributed by atoms with van der Waals surface area (Å²) >= 11 is 1.28. The Morgan fingerprint density at radius 3 is 2.37 bits per heavy atom. The molecule has 0 aliphatic carbocycles. The lowest BCUT2D eigenvalue weighted by Gasteiger charge is -2.32. The summed E-state index contributed by atoms with van der Waals surface area (Å²) in [5, 5.41) is 7.43. The second kappa shape index (κ2) is 13.1. The lowest BCUT2D eigenvalue weighted by atomic mass is 10.0. The van der Waals surface area contributed by atoms with Crippen LogP contribution in [0.1, 0.15) is 34.1 Å². The summed E-state index contributed by atoms with van der Waals surface area (Å²) in [6.45, 7) is 0.681. The Labute approximate surface area is 225 Å². The van der Waals surface area contributed by atoms with Crippen LogP contribution < -0.4 is 25.0 Å². The van der Waals surface area contributed by atoms with E-state index in [-0.39, 0.29) is 24.5 Å². The number of amides is 3. The van der Waals surface area contributed by atoms with Gasteiger partial charge in [0.1, 0.15) is 17.5 Å². The minimum Gasteiger partial charge on any atom is -0.497 e. The van der Waals surface area contributed by atoms with Gasteiger partial charge in [-0.25, -0.2) is 0 Å². The minimum absolute atomic E-state index is 0.0680. The molecule has 3 amide bonds. The van der Waals surface area contributed by atoms with Gasteiger partial charge in [0.15, 0.2) is 0 Å². The molecule has 1 fully saturated rings. The average Bonchev–Trinajstić information content (AvgIpc) is 3.68. The molecule has 0 radical (unpaired) electrons. The number of ether oxygens (including phenoxy) is 3. The molecule has 4 rings (SSSR count). The summed E-state index contributed by atoms with van der Waals surface area (Å²) in [6, 6.07) is 16.5. The van der Waals surface area contributed by atoms with E-state index < -0.39 is 11.9 Å². The molecule has 0 unspecified atom stereocenters. The van der Waals surface area contributed by atoms with Crippen LogP contribution in [0.2, 0.25) is 0 Å². The van der Waals surface area contributed by atoms with E-state index in [1.165, 1.54) is 30.5 Å². The average molecular weight is 538 g/mol. The molecular weight excluding hydrogens is 506 g/mol. The Balaban J connectivity index is 1.70. The first-order valence-electron chi connectivity index (χ1n) is 12.3. The van der Waals surface area contributed by atoms with Gasteiger partial charge < -0.3 is 24.8 Å². The number of benzene rings is 2. The molecule has 0 spiro atoms. The van der Waals surface area contributed by atoms with Crippen LogP contribution in [0.25, 0.3) is 0 Å². The molecule has 2 N–H and O–H groups in total. The van der Waals surface area contributed by atoms with Gasteiger partial charge in [-0.3, -0.25) is 19.3 Å². The molecule has 2 heterocycles. The SMILES string of the molecule is COc1cc(OC)cc(N(C(=O)CNC(=O)c2cccs2)[C@@H](C(=O)NC[C@H]2CCCO2)c2ccccc2)c1. The molecule has 1 saturated heterocycles. The predicted octanol–water partition coefficient (Wildman–Crippen LogP) is 3.56. The summed E-state index contributed by atoms with van der Waals surface area (Å²) in [5.41, 5.74) is 0.995. The highest BCUT2D eigenvalue weighted by molar-refractivity contribution is 7.12. The highest BCUT2D eigenvalue weighted by Gasteiger charge is 2.34. The van der Waals surface area contributed by atoms with Crippen LogP contribution in [0.15, 0.2) is 66.0 Å². The van der Waals surface area contributed by atoms with Crippen LogP contribution in [0.4, 0.5) is 5.69 Å². The molecule has 38 heavy (non-hydrogen) atoms. The van der Waals surface area contributed by atoms with E-state index in [0.29, 0.717) is 40.8 Å².